The molecular formula is C15H20N2O5S2. The Labute approximate surface area is 142 Å². The molecule has 1 aliphatic heterocycles. The number of nitrogens with zero attached hydrogens (tertiary/aromatic N) is 1. The molecule has 1 heterocycles. The molecule has 1 aliphatic carbocycles. The Hall–Kier alpha value is -1.45. The summed E-state index contributed by atoms with van der Waals surface area (Å²) in [6.45, 7) is 0. The summed E-state index contributed by atoms with van der Waals surface area (Å²) in [4.78, 5) is 12.1. The van der Waals surface area contributed by atoms with E-state index in [1.165, 1.54) is 25.2 Å². The first kappa shape index (κ1) is 17.4. The second-order valence-electron chi connectivity index (χ2n) is 6.35. The predicted molar refractivity (Wildman–Crippen MR) is 88.9 cm³/mol. The minimum Gasteiger partial charge on any atom is -0.349 e. The van der Waals surface area contributed by atoms with Gasteiger partial charge < -0.3 is 5.32 Å². The summed E-state index contributed by atoms with van der Waals surface area (Å²) in [5.74, 6) is -0.452. The predicted octanol–water partition coefficient (Wildman–Crippen LogP) is 0.386. The Kier molecular flexibility index (Phi) is 4.43. The molecule has 1 atom stereocenters. The Morgan fingerprint density at radius 1 is 1.25 bits per heavy atom. The molecule has 1 N–H and O–H groups in total. The number of sulfone groups is 1. The van der Waals surface area contributed by atoms with Crippen molar-refractivity contribution in [2.24, 2.45) is 0 Å². The Morgan fingerprint density at radius 3 is 2.54 bits per heavy atom. The zero-order valence-electron chi connectivity index (χ0n) is 13.3. The fourth-order valence-corrected chi connectivity index (χ4v) is 6.02. The van der Waals surface area contributed by atoms with Crippen LogP contribution in [0.2, 0.25) is 0 Å². The summed E-state index contributed by atoms with van der Waals surface area (Å²) >= 11 is 0. The van der Waals surface area contributed by atoms with Crippen molar-refractivity contribution in [3.05, 3.63) is 29.8 Å². The van der Waals surface area contributed by atoms with Gasteiger partial charge in [0, 0.05) is 24.7 Å². The number of benzene rings is 1. The van der Waals surface area contributed by atoms with E-state index < -0.39 is 25.9 Å². The van der Waals surface area contributed by atoms with E-state index in [-0.39, 0.29) is 33.9 Å². The summed E-state index contributed by atoms with van der Waals surface area (Å²) < 4.78 is 49.8. The SMILES string of the molecule is CN(C1CCS(=O)(=O)C1)S(=O)(=O)c1cccc(C(=O)NC2CC2)c1. The van der Waals surface area contributed by atoms with E-state index >= 15 is 0 Å². The van der Waals surface area contributed by atoms with Gasteiger partial charge in [-0.1, -0.05) is 6.07 Å². The Bertz CT molecular complexity index is 860. The molecular weight excluding hydrogens is 352 g/mol. The summed E-state index contributed by atoms with van der Waals surface area (Å²) in [6, 6.07) is 5.47. The second kappa shape index (κ2) is 6.12. The molecule has 24 heavy (non-hydrogen) atoms. The highest BCUT2D eigenvalue weighted by atomic mass is 32.2. The van der Waals surface area contributed by atoms with Crippen LogP contribution in [-0.2, 0) is 19.9 Å². The largest absolute Gasteiger partial charge is 0.349 e. The molecule has 1 saturated carbocycles. The molecule has 132 valence electrons. The van der Waals surface area contributed by atoms with Gasteiger partial charge in [-0.25, -0.2) is 16.8 Å². The normalized spacial score (nSPS) is 23.3. The topological polar surface area (TPSA) is 101 Å². The minimum absolute atomic E-state index is 0.00135. The number of rotatable bonds is 5. The fraction of sp³-hybridized carbons (Fsp3) is 0.533. The highest BCUT2D eigenvalue weighted by Crippen LogP contribution is 2.24. The number of sulfonamides is 1. The number of hydrogen-bond acceptors (Lipinski definition) is 5. The average Bonchev–Trinajstić information content (AvgIpc) is 3.27. The third-order valence-electron chi connectivity index (χ3n) is 4.41. The summed E-state index contributed by atoms with van der Waals surface area (Å²) in [5, 5.41) is 2.82. The van der Waals surface area contributed by atoms with Crippen molar-refractivity contribution in [3.63, 3.8) is 0 Å². The van der Waals surface area contributed by atoms with Crippen LogP contribution < -0.4 is 5.32 Å². The van der Waals surface area contributed by atoms with Crippen LogP contribution in [-0.4, -0.2) is 57.7 Å². The number of carbonyl (C=O) groups is 1. The van der Waals surface area contributed by atoms with E-state index in [2.05, 4.69) is 5.32 Å². The van der Waals surface area contributed by atoms with Gasteiger partial charge in [0.1, 0.15) is 0 Å². The van der Waals surface area contributed by atoms with Crippen molar-refractivity contribution < 1.29 is 21.6 Å². The first-order valence-corrected chi connectivity index (χ1v) is 11.0. The van der Waals surface area contributed by atoms with E-state index in [1.807, 2.05) is 0 Å². The van der Waals surface area contributed by atoms with Crippen LogP contribution in [0.25, 0.3) is 0 Å². The van der Waals surface area contributed by atoms with Crippen molar-refractivity contribution in [2.45, 2.75) is 36.2 Å². The van der Waals surface area contributed by atoms with Gasteiger partial charge in [-0.3, -0.25) is 4.79 Å². The third kappa shape index (κ3) is 3.62. The molecule has 1 aromatic carbocycles. The second-order valence-corrected chi connectivity index (χ2v) is 10.6. The third-order valence-corrected chi connectivity index (χ3v) is 8.06. The van der Waals surface area contributed by atoms with Gasteiger partial charge in [0.2, 0.25) is 10.0 Å². The number of carbonyl (C=O) groups excluding carboxylic acids is 1. The van der Waals surface area contributed by atoms with Crippen molar-refractivity contribution in [1.82, 2.24) is 9.62 Å². The van der Waals surface area contributed by atoms with Crippen LogP contribution in [0.1, 0.15) is 29.6 Å². The van der Waals surface area contributed by atoms with Gasteiger partial charge in [0.05, 0.1) is 16.4 Å². The van der Waals surface area contributed by atoms with Crippen molar-refractivity contribution in [1.29, 1.82) is 0 Å². The summed E-state index contributed by atoms with van der Waals surface area (Å²) in [5.41, 5.74) is 0.287. The molecule has 1 unspecified atom stereocenters. The van der Waals surface area contributed by atoms with Crippen molar-refractivity contribution >= 4 is 25.8 Å². The van der Waals surface area contributed by atoms with Crippen molar-refractivity contribution in [2.75, 3.05) is 18.6 Å². The fourth-order valence-electron chi connectivity index (χ4n) is 2.72. The molecule has 0 spiro atoms. The van der Waals surface area contributed by atoms with E-state index in [4.69, 9.17) is 0 Å². The van der Waals surface area contributed by atoms with Crippen molar-refractivity contribution in [3.8, 4) is 0 Å². The van der Waals surface area contributed by atoms with Crippen LogP contribution in [0.15, 0.2) is 29.2 Å². The van der Waals surface area contributed by atoms with E-state index in [0.717, 1.165) is 17.1 Å². The molecule has 1 aromatic rings. The number of amides is 1. The first-order valence-electron chi connectivity index (χ1n) is 7.78. The lowest BCUT2D eigenvalue weighted by Gasteiger charge is -2.23. The number of nitrogens with one attached hydrogen (secondary N) is 1. The Balaban J connectivity index is 1.82. The molecule has 9 heteroatoms. The highest BCUT2D eigenvalue weighted by Gasteiger charge is 2.36. The first-order chi connectivity index (χ1) is 11.2. The molecule has 1 amide bonds. The molecule has 2 fully saturated rings. The van der Waals surface area contributed by atoms with Gasteiger partial charge in [0.15, 0.2) is 9.84 Å². The van der Waals surface area contributed by atoms with Crippen LogP contribution >= 0.6 is 0 Å². The van der Waals surface area contributed by atoms with Crippen LogP contribution in [0.5, 0.6) is 0 Å². The Morgan fingerprint density at radius 2 is 1.96 bits per heavy atom. The molecule has 1 saturated heterocycles. The molecule has 0 bridgehead atoms. The van der Waals surface area contributed by atoms with E-state index in [9.17, 15) is 21.6 Å². The van der Waals surface area contributed by atoms with E-state index in [1.54, 1.807) is 6.07 Å². The molecule has 0 radical (unpaired) electrons. The zero-order valence-corrected chi connectivity index (χ0v) is 14.9. The van der Waals surface area contributed by atoms with E-state index in [0.29, 0.717) is 6.42 Å². The highest BCUT2D eigenvalue weighted by molar-refractivity contribution is 7.92. The number of hydrogen-bond donors (Lipinski definition) is 1. The summed E-state index contributed by atoms with van der Waals surface area (Å²) in [7, 11) is -5.65. The monoisotopic (exact) mass is 372 g/mol. The van der Waals surface area contributed by atoms with Crippen LogP contribution in [0.4, 0.5) is 0 Å². The standard InChI is InChI=1S/C15H20N2O5S2/c1-17(13-7-8-23(19,20)10-13)24(21,22)14-4-2-3-11(9-14)15(18)16-12-5-6-12/h2-4,9,12-13H,5-8,10H2,1H3,(H,16,18). The lowest BCUT2D eigenvalue weighted by atomic mass is 10.2. The average molecular weight is 372 g/mol. The van der Waals surface area contributed by atoms with Gasteiger partial charge >= 0.3 is 0 Å². The maximum Gasteiger partial charge on any atom is 0.251 e. The maximum absolute atomic E-state index is 12.7. The van der Waals surface area contributed by atoms with Gasteiger partial charge in [-0.15, -0.1) is 0 Å². The van der Waals surface area contributed by atoms with Crippen LogP contribution in [0, 0.1) is 0 Å². The molecule has 3 rings (SSSR count). The molecule has 7 nitrogen and oxygen atoms in total. The summed E-state index contributed by atoms with van der Waals surface area (Å²) in [6.07, 6.45) is 2.19. The lowest BCUT2D eigenvalue weighted by molar-refractivity contribution is 0.0951. The quantitative estimate of drug-likeness (QED) is 0.806. The zero-order chi connectivity index (χ0) is 17.5. The van der Waals surface area contributed by atoms with Gasteiger partial charge in [0.25, 0.3) is 5.91 Å². The minimum atomic E-state index is -3.85. The van der Waals surface area contributed by atoms with Gasteiger partial charge in [-0.2, -0.15) is 4.31 Å². The molecule has 0 aromatic heterocycles. The van der Waals surface area contributed by atoms with Crippen LogP contribution in [0.3, 0.4) is 0 Å². The van der Waals surface area contributed by atoms with Gasteiger partial charge in [-0.05, 0) is 37.5 Å². The lowest BCUT2D eigenvalue weighted by Crippen LogP contribution is -2.37. The maximum atomic E-state index is 12.7. The molecule has 2 aliphatic rings. The smallest absolute Gasteiger partial charge is 0.251 e.